The lowest BCUT2D eigenvalue weighted by Crippen LogP contribution is -2.30. The lowest BCUT2D eigenvalue weighted by atomic mass is 9.99. The number of rotatable bonds is 5. The molecule has 2 aromatic carbocycles. The van der Waals surface area contributed by atoms with Gasteiger partial charge < -0.3 is 5.32 Å². The average Bonchev–Trinajstić information content (AvgIpc) is 2.40. The zero-order valence-electron chi connectivity index (χ0n) is 10.9. The van der Waals surface area contributed by atoms with E-state index in [1.54, 1.807) is 6.07 Å². The molecule has 1 nitrogen and oxygen atoms in total. The van der Waals surface area contributed by atoms with Crippen molar-refractivity contribution in [3.8, 4) is 0 Å². The van der Waals surface area contributed by atoms with Crippen molar-refractivity contribution >= 4 is 11.6 Å². The van der Waals surface area contributed by atoms with Crippen molar-refractivity contribution in [1.29, 1.82) is 0 Å². The summed E-state index contributed by atoms with van der Waals surface area (Å²) in [5.74, 6) is -0.145. The first-order chi connectivity index (χ1) is 9.19. The summed E-state index contributed by atoms with van der Waals surface area (Å²) in [6, 6.07) is 14.9. The minimum atomic E-state index is -0.145. The van der Waals surface area contributed by atoms with Crippen LogP contribution in [0.1, 0.15) is 11.1 Å². The van der Waals surface area contributed by atoms with E-state index in [1.165, 1.54) is 6.07 Å². The zero-order valence-corrected chi connectivity index (χ0v) is 11.6. The summed E-state index contributed by atoms with van der Waals surface area (Å²) in [5, 5.41) is 3.97. The Morgan fingerprint density at radius 3 is 2.58 bits per heavy atom. The third-order valence-corrected chi connectivity index (χ3v) is 3.44. The van der Waals surface area contributed by atoms with E-state index < -0.39 is 0 Å². The van der Waals surface area contributed by atoms with Crippen LogP contribution in [0.15, 0.2) is 48.5 Å². The maximum absolute atomic E-state index is 13.6. The monoisotopic (exact) mass is 277 g/mol. The maximum atomic E-state index is 13.6. The first-order valence-corrected chi connectivity index (χ1v) is 6.72. The number of nitrogens with one attached hydrogen (secondary N) is 1. The molecule has 0 aliphatic rings. The Balaban J connectivity index is 2.07. The Morgan fingerprint density at radius 2 is 1.89 bits per heavy atom. The SMILES string of the molecule is CNC(Cc1cccc(Cl)c1)Cc1ccccc1F. The average molecular weight is 278 g/mol. The number of likely N-dealkylation sites (N-methyl/N-ethyl adjacent to an activating group) is 1. The second kappa shape index (κ2) is 6.69. The Labute approximate surface area is 118 Å². The fourth-order valence-corrected chi connectivity index (χ4v) is 2.37. The molecule has 0 radical (unpaired) electrons. The van der Waals surface area contributed by atoms with E-state index in [0.717, 1.165) is 22.6 Å². The molecule has 2 aromatic rings. The smallest absolute Gasteiger partial charge is 0.126 e. The third-order valence-electron chi connectivity index (χ3n) is 3.20. The molecule has 0 saturated carbocycles. The highest BCUT2D eigenvalue weighted by Gasteiger charge is 2.11. The number of halogens is 2. The number of hydrogen-bond acceptors (Lipinski definition) is 1. The predicted molar refractivity (Wildman–Crippen MR) is 78.1 cm³/mol. The van der Waals surface area contributed by atoms with Gasteiger partial charge in [-0.3, -0.25) is 0 Å². The van der Waals surface area contributed by atoms with Gasteiger partial charge in [0.2, 0.25) is 0 Å². The zero-order chi connectivity index (χ0) is 13.7. The van der Waals surface area contributed by atoms with Crippen LogP contribution in [0.25, 0.3) is 0 Å². The molecule has 0 aromatic heterocycles. The minimum absolute atomic E-state index is 0.145. The van der Waals surface area contributed by atoms with E-state index in [2.05, 4.69) is 5.32 Å². The molecule has 0 saturated heterocycles. The maximum Gasteiger partial charge on any atom is 0.126 e. The van der Waals surface area contributed by atoms with Crippen LogP contribution in [-0.4, -0.2) is 13.1 Å². The van der Waals surface area contributed by atoms with Crippen molar-refractivity contribution in [2.45, 2.75) is 18.9 Å². The molecule has 19 heavy (non-hydrogen) atoms. The van der Waals surface area contributed by atoms with E-state index in [4.69, 9.17) is 11.6 Å². The Bertz CT molecular complexity index is 542. The van der Waals surface area contributed by atoms with Crippen LogP contribution in [0.4, 0.5) is 4.39 Å². The number of hydrogen-bond donors (Lipinski definition) is 1. The van der Waals surface area contributed by atoms with Crippen molar-refractivity contribution in [2.24, 2.45) is 0 Å². The van der Waals surface area contributed by atoms with Crippen molar-refractivity contribution in [2.75, 3.05) is 7.05 Å². The molecule has 1 atom stereocenters. The fourth-order valence-electron chi connectivity index (χ4n) is 2.15. The van der Waals surface area contributed by atoms with Crippen molar-refractivity contribution < 1.29 is 4.39 Å². The topological polar surface area (TPSA) is 12.0 Å². The first kappa shape index (κ1) is 14.0. The van der Waals surface area contributed by atoms with Gasteiger partial charge in [0.1, 0.15) is 5.82 Å². The molecule has 0 fully saturated rings. The molecule has 0 amide bonds. The van der Waals surface area contributed by atoms with Crippen LogP contribution in [0.2, 0.25) is 5.02 Å². The van der Waals surface area contributed by atoms with Crippen molar-refractivity contribution in [3.63, 3.8) is 0 Å². The molecule has 3 heteroatoms. The highest BCUT2D eigenvalue weighted by atomic mass is 35.5. The Hall–Kier alpha value is -1.38. The lowest BCUT2D eigenvalue weighted by Gasteiger charge is -2.17. The van der Waals surface area contributed by atoms with E-state index in [0.29, 0.717) is 6.42 Å². The molecule has 0 aliphatic heterocycles. The van der Waals surface area contributed by atoms with Gasteiger partial charge in [-0.15, -0.1) is 0 Å². The standard InChI is InChI=1S/C16H17ClFN/c1-19-15(10-12-5-4-7-14(17)9-12)11-13-6-2-3-8-16(13)18/h2-9,15,19H,10-11H2,1H3. The van der Waals surface area contributed by atoms with Gasteiger partial charge in [0, 0.05) is 11.1 Å². The van der Waals surface area contributed by atoms with Crippen molar-refractivity contribution in [1.82, 2.24) is 5.32 Å². The van der Waals surface area contributed by atoms with Gasteiger partial charge in [-0.25, -0.2) is 4.39 Å². The minimum Gasteiger partial charge on any atom is -0.316 e. The molecule has 2 rings (SSSR count). The summed E-state index contributed by atoms with van der Waals surface area (Å²) in [7, 11) is 1.90. The van der Waals surface area contributed by atoms with Gasteiger partial charge in [-0.1, -0.05) is 41.9 Å². The van der Waals surface area contributed by atoms with Gasteiger partial charge in [0.25, 0.3) is 0 Å². The van der Waals surface area contributed by atoms with E-state index in [9.17, 15) is 4.39 Å². The van der Waals surface area contributed by atoms with Gasteiger partial charge in [0.05, 0.1) is 0 Å². The van der Waals surface area contributed by atoms with E-state index >= 15 is 0 Å². The summed E-state index contributed by atoms with van der Waals surface area (Å²) in [5.41, 5.74) is 1.90. The second-order valence-electron chi connectivity index (χ2n) is 4.62. The molecular formula is C16H17ClFN. The predicted octanol–water partition coefficient (Wildman–Crippen LogP) is 3.85. The third kappa shape index (κ3) is 4.05. The van der Waals surface area contributed by atoms with Gasteiger partial charge in [0.15, 0.2) is 0 Å². The highest BCUT2D eigenvalue weighted by molar-refractivity contribution is 6.30. The fraction of sp³-hybridized carbons (Fsp3) is 0.250. The molecule has 0 spiro atoms. The lowest BCUT2D eigenvalue weighted by molar-refractivity contribution is 0.532. The summed E-state index contributed by atoms with van der Waals surface area (Å²) >= 11 is 5.98. The van der Waals surface area contributed by atoms with Crippen LogP contribution in [0, 0.1) is 5.82 Å². The van der Waals surface area contributed by atoms with E-state index in [-0.39, 0.29) is 11.9 Å². The highest BCUT2D eigenvalue weighted by Crippen LogP contribution is 2.15. The molecule has 1 unspecified atom stereocenters. The molecular weight excluding hydrogens is 261 g/mol. The molecule has 0 bridgehead atoms. The van der Waals surface area contributed by atoms with Crippen LogP contribution in [0.3, 0.4) is 0 Å². The van der Waals surface area contributed by atoms with Crippen molar-refractivity contribution in [3.05, 3.63) is 70.5 Å². The van der Waals surface area contributed by atoms with E-state index in [1.807, 2.05) is 43.4 Å². The van der Waals surface area contributed by atoms with Crippen LogP contribution in [-0.2, 0) is 12.8 Å². The van der Waals surface area contributed by atoms with Crippen LogP contribution >= 0.6 is 11.6 Å². The Morgan fingerprint density at radius 1 is 1.11 bits per heavy atom. The van der Waals surface area contributed by atoms with Gasteiger partial charge >= 0.3 is 0 Å². The largest absolute Gasteiger partial charge is 0.316 e. The molecule has 1 N–H and O–H groups in total. The number of benzene rings is 2. The van der Waals surface area contributed by atoms with Crippen LogP contribution < -0.4 is 5.32 Å². The molecule has 0 heterocycles. The van der Waals surface area contributed by atoms with Crippen LogP contribution in [0.5, 0.6) is 0 Å². The normalized spacial score (nSPS) is 12.4. The Kier molecular flexibility index (Phi) is 4.94. The summed E-state index contributed by atoms with van der Waals surface area (Å²) < 4.78 is 13.6. The molecule has 0 aliphatic carbocycles. The quantitative estimate of drug-likeness (QED) is 0.875. The second-order valence-corrected chi connectivity index (χ2v) is 5.05. The summed E-state index contributed by atoms with van der Waals surface area (Å²) in [6.07, 6.45) is 1.49. The van der Waals surface area contributed by atoms with Gasteiger partial charge in [-0.05, 0) is 49.2 Å². The summed E-state index contributed by atoms with van der Waals surface area (Å²) in [4.78, 5) is 0. The summed E-state index contributed by atoms with van der Waals surface area (Å²) in [6.45, 7) is 0. The van der Waals surface area contributed by atoms with Gasteiger partial charge in [-0.2, -0.15) is 0 Å². The first-order valence-electron chi connectivity index (χ1n) is 6.34. The molecule has 100 valence electrons.